The molecule has 5 heteroatoms. The van der Waals surface area contributed by atoms with Crippen molar-refractivity contribution in [3.05, 3.63) is 35.9 Å². The van der Waals surface area contributed by atoms with E-state index in [-0.39, 0.29) is 0 Å². The first-order valence-electron chi connectivity index (χ1n) is 11.2. The Kier molecular flexibility index (Phi) is 7.74. The van der Waals surface area contributed by atoms with Gasteiger partial charge in [0.1, 0.15) is 0 Å². The molecule has 28 heavy (non-hydrogen) atoms. The first kappa shape index (κ1) is 21.1. The van der Waals surface area contributed by atoms with Crippen LogP contribution in [0, 0.1) is 0 Å². The smallest absolute Gasteiger partial charge is 0.191 e. The lowest BCUT2D eigenvalue weighted by molar-refractivity contribution is 0.0131. The number of hydrogen-bond donors (Lipinski definition) is 3. The van der Waals surface area contributed by atoms with Crippen molar-refractivity contribution in [3.8, 4) is 0 Å². The van der Waals surface area contributed by atoms with Crippen molar-refractivity contribution in [1.29, 1.82) is 0 Å². The Morgan fingerprint density at radius 2 is 1.86 bits per heavy atom. The Morgan fingerprint density at radius 1 is 1.18 bits per heavy atom. The number of benzene rings is 1. The highest BCUT2D eigenvalue weighted by Crippen LogP contribution is 2.28. The lowest BCUT2D eigenvalue weighted by atomic mass is 9.85. The Bertz CT molecular complexity index is 604. The number of nitrogens with one attached hydrogen (secondary N) is 2. The summed E-state index contributed by atoms with van der Waals surface area (Å²) >= 11 is 0. The van der Waals surface area contributed by atoms with Gasteiger partial charge in [0.05, 0.1) is 12.1 Å². The van der Waals surface area contributed by atoms with Crippen LogP contribution >= 0.6 is 0 Å². The van der Waals surface area contributed by atoms with Gasteiger partial charge < -0.3 is 15.7 Å². The fourth-order valence-electron chi connectivity index (χ4n) is 4.48. The molecule has 156 valence electrons. The van der Waals surface area contributed by atoms with Gasteiger partial charge in [-0.3, -0.25) is 9.89 Å². The second-order valence-corrected chi connectivity index (χ2v) is 8.52. The first-order chi connectivity index (χ1) is 13.6. The van der Waals surface area contributed by atoms with Crippen LogP contribution in [-0.4, -0.2) is 53.8 Å². The Balaban J connectivity index is 1.50. The topological polar surface area (TPSA) is 59.9 Å². The van der Waals surface area contributed by atoms with Gasteiger partial charge in [0.2, 0.25) is 0 Å². The van der Waals surface area contributed by atoms with E-state index in [1.807, 2.05) is 0 Å². The Labute approximate surface area is 170 Å². The number of hydrogen-bond acceptors (Lipinski definition) is 3. The van der Waals surface area contributed by atoms with Gasteiger partial charge in [-0.2, -0.15) is 0 Å². The molecule has 1 heterocycles. The van der Waals surface area contributed by atoms with Gasteiger partial charge in [0, 0.05) is 31.7 Å². The first-order valence-corrected chi connectivity index (χ1v) is 11.2. The summed E-state index contributed by atoms with van der Waals surface area (Å²) in [4.78, 5) is 7.31. The molecule has 1 aromatic carbocycles. The number of nitrogens with zero attached hydrogens (tertiary/aromatic N) is 2. The van der Waals surface area contributed by atoms with Crippen molar-refractivity contribution in [3.63, 3.8) is 0 Å². The molecule has 0 aromatic heterocycles. The summed E-state index contributed by atoms with van der Waals surface area (Å²) < 4.78 is 0. The third-order valence-electron chi connectivity index (χ3n) is 6.36. The monoisotopic (exact) mass is 386 g/mol. The average molecular weight is 387 g/mol. The second kappa shape index (κ2) is 10.3. The molecular weight excluding hydrogens is 348 g/mol. The van der Waals surface area contributed by atoms with E-state index in [4.69, 9.17) is 4.99 Å². The maximum Gasteiger partial charge on any atom is 0.191 e. The number of guanidine groups is 1. The van der Waals surface area contributed by atoms with E-state index in [9.17, 15) is 5.11 Å². The predicted octanol–water partition coefficient (Wildman–Crippen LogP) is 3.46. The van der Waals surface area contributed by atoms with E-state index in [1.54, 1.807) is 0 Å². The maximum atomic E-state index is 10.7. The number of rotatable bonds is 6. The zero-order chi connectivity index (χ0) is 19.8. The molecular formula is C23H38N4O. The summed E-state index contributed by atoms with van der Waals surface area (Å²) in [6, 6.07) is 11.7. The van der Waals surface area contributed by atoms with E-state index >= 15 is 0 Å². The van der Waals surface area contributed by atoms with Crippen LogP contribution in [0.25, 0.3) is 0 Å². The van der Waals surface area contributed by atoms with E-state index in [2.05, 4.69) is 59.7 Å². The van der Waals surface area contributed by atoms with Crippen LogP contribution in [0.4, 0.5) is 0 Å². The van der Waals surface area contributed by atoms with Crippen LogP contribution < -0.4 is 10.6 Å². The van der Waals surface area contributed by atoms with Crippen LogP contribution in [0.5, 0.6) is 0 Å². The zero-order valence-corrected chi connectivity index (χ0v) is 17.7. The lowest BCUT2D eigenvalue weighted by Crippen LogP contribution is -2.49. The molecule has 0 amide bonds. The van der Waals surface area contributed by atoms with Crippen LogP contribution in [0.15, 0.2) is 35.3 Å². The highest BCUT2D eigenvalue weighted by Gasteiger charge is 2.29. The molecule has 1 aliphatic carbocycles. The Morgan fingerprint density at radius 3 is 2.50 bits per heavy atom. The molecule has 2 aliphatic rings. The molecule has 5 nitrogen and oxygen atoms in total. The molecule has 1 aliphatic heterocycles. The number of likely N-dealkylation sites (tertiary alicyclic amines) is 1. The molecule has 0 spiro atoms. The fraction of sp³-hybridized carbons (Fsp3) is 0.696. The highest BCUT2D eigenvalue weighted by molar-refractivity contribution is 5.80. The van der Waals surface area contributed by atoms with E-state index in [1.165, 1.54) is 12.0 Å². The summed E-state index contributed by atoms with van der Waals surface area (Å²) in [6.07, 6.45) is 7.47. The molecule has 2 fully saturated rings. The zero-order valence-electron chi connectivity index (χ0n) is 17.7. The largest absolute Gasteiger partial charge is 0.388 e. The minimum atomic E-state index is -0.602. The van der Waals surface area contributed by atoms with E-state index < -0.39 is 5.60 Å². The van der Waals surface area contributed by atoms with Gasteiger partial charge in [-0.1, -0.05) is 49.6 Å². The third kappa shape index (κ3) is 5.95. The minimum Gasteiger partial charge on any atom is -0.388 e. The molecule has 1 aromatic rings. The summed E-state index contributed by atoms with van der Waals surface area (Å²) in [7, 11) is 0. The van der Waals surface area contributed by atoms with Gasteiger partial charge in [-0.05, 0) is 45.1 Å². The van der Waals surface area contributed by atoms with Gasteiger partial charge in [0.15, 0.2) is 5.96 Å². The third-order valence-corrected chi connectivity index (χ3v) is 6.36. The highest BCUT2D eigenvalue weighted by atomic mass is 16.3. The van der Waals surface area contributed by atoms with Crippen LogP contribution in [-0.2, 0) is 0 Å². The summed E-state index contributed by atoms with van der Waals surface area (Å²) in [6.45, 7) is 7.94. The summed E-state index contributed by atoms with van der Waals surface area (Å²) in [5.41, 5.74) is 0.791. The minimum absolute atomic E-state index is 0.443. The number of aliphatic imine (C=N–C) groups is 1. The normalized spacial score (nSPS) is 22.6. The molecule has 3 N–H and O–H groups in total. The van der Waals surface area contributed by atoms with Crippen molar-refractivity contribution in [2.45, 2.75) is 76.5 Å². The molecule has 0 radical (unpaired) electrons. The Hall–Kier alpha value is -1.59. The van der Waals surface area contributed by atoms with Crippen LogP contribution in [0.3, 0.4) is 0 Å². The molecule has 1 atom stereocenters. The quantitative estimate of drug-likeness (QED) is 0.518. The van der Waals surface area contributed by atoms with Gasteiger partial charge in [-0.25, -0.2) is 0 Å². The van der Waals surface area contributed by atoms with Crippen molar-refractivity contribution in [2.75, 3.05) is 26.2 Å². The summed E-state index contributed by atoms with van der Waals surface area (Å²) in [5, 5.41) is 17.7. The predicted molar refractivity (Wildman–Crippen MR) is 117 cm³/mol. The van der Waals surface area contributed by atoms with Gasteiger partial charge in [0.25, 0.3) is 0 Å². The fourth-order valence-corrected chi connectivity index (χ4v) is 4.48. The van der Waals surface area contributed by atoms with Crippen molar-refractivity contribution in [1.82, 2.24) is 15.5 Å². The molecule has 1 saturated carbocycles. The number of piperidine rings is 1. The standard InChI is InChI=1S/C23H38N4O/c1-3-24-22(25-18-23(28)14-8-5-9-15-23)26-21-12-16-27(17-13-21)19(2)20-10-6-4-7-11-20/h4,6-7,10-11,19,21,28H,3,5,8-9,12-18H2,1-2H3,(H2,24,25,26). The molecule has 3 rings (SSSR count). The van der Waals surface area contributed by atoms with Crippen molar-refractivity contribution in [2.24, 2.45) is 4.99 Å². The number of aliphatic hydroxyl groups is 1. The van der Waals surface area contributed by atoms with E-state index in [0.29, 0.717) is 18.6 Å². The van der Waals surface area contributed by atoms with Crippen molar-refractivity contribution >= 4 is 5.96 Å². The van der Waals surface area contributed by atoms with E-state index in [0.717, 1.165) is 64.1 Å². The maximum absolute atomic E-state index is 10.7. The molecule has 1 unspecified atom stereocenters. The van der Waals surface area contributed by atoms with Crippen LogP contribution in [0.1, 0.15) is 70.4 Å². The average Bonchev–Trinajstić information content (AvgIpc) is 2.73. The molecule has 1 saturated heterocycles. The molecule has 0 bridgehead atoms. The van der Waals surface area contributed by atoms with Crippen molar-refractivity contribution < 1.29 is 5.11 Å². The summed E-state index contributed by atoms with van der Waals surface area (Å²) in [5.74, 6) is 0.857. The van der Waals surface area contributed by atoms with Gasteiger partial charge in [-0.15, -0.1) is 0 Å². The second-order valence-electron chi connectivity index (χ2n) is 8.52. The SMILES string of the molecule is CCNC(=NCC1(O)CCCCC1)NC1CCN(C(C)c2ccccc2)CC1. The van der Waals surface area contributed by atoms with Crippen LogP contribution in [0.2, 0.25) is 0 Å². The van der Waals surface area contributed by atoms with Gasteiger partial charge >= 0.3 is 0 Å². The lowest BCUT2D eigenvalue weighted by Gasteiger charge is -2.37.